The zero-order valence-corrected chi connectivity index (χ0v) is 20.9. The SMILES string of the molecule is CN=C(NCCCOCC1CCOC1)NCc1ccc(C(=O)N2CCNC(=O)C2)cc1.I. The molecule has 9 nitrogen and oxygen atoms in total. The number of carbonyl (C=O) groups is 2. The summed E-state index contributed by atoms with van der Waals surface area (Å²) in [5.41, 5.74) is 1.63. The molecule has 0 saturated carbocycles. The summed E-state index contributed by atoms with van der Waals surface area (Å²) in [5, 5.41) is 9.28. The largest absolute Gasteiger partial charge is 0.381 e. The van der Waals surface area contributed by atoms with E-state index in [0.29, 0.717) is 37.7 Å². The van der Waals surface area contributed by atoms with Gasteiger partial charge in [-0.3, -0.25) is 14.6 Å². The van der Waals surface area contributed by atoms with Gasteiger partial charge in [-0.05, 0) is 30.5 Å². The Morgan fingerprint density at radius 2 is 2.12 bits per heavy atom. The second-order valence-electron chi connectivity index (χ2n) is 7.78. The lowest BCUT2D eigenvalue weighted by Crippen LogP contribution is -2.49. The summed E-state index contributed by atoms with van der Waals surface area (Å²) in [6.07, 6.45) is 2.00. The molecule has 2 amide bonds. The fraction of sp³-hybridized carbons (Fsp3) is 0.591. The number of hydrogen-bond donors (Lipinski definition) is 3. The second-order valence-corrected chi connectivity index (χ2v) is 7.78. The first-order valence-corrected chi connectivity index (χ1v) is 10.9. The number of rotatable bonds is 9. The van der Waals surface area contributed by atoms with E-state index < -0.39 is 0 Å². The normalized spacial score (nSPS) is 18.7. The molecule has 1 aromatic carbocycles. The predicted octanol–water partition coefficient (Wildman–Crippen LogP) is 0.985. The molecular formula is C22H34IN5O4. The number of carbonyl (C=O) groups excluding carboxylic acids is 2. The van der Waals surface area contributed by atoms with Crippen molar-refractivity contribution in [3.8, 4) is 0 Å². The Morgan fingerprint density at radius 1 is 1.31 bits per heavy atom. The van der Waals surface area contributed by atoms with Gasteiger partial charge in [0, 0.05) is 57.9 Å². The molecule has 0 aromatic heterocycles. The molecule has 1 atom stereocenters. The quantitative estimate of drug-likeness (QED) is 0.181. The molecule has 0 radical (unpaired) electrons. The van der Waals surface area contributed by atoms with Gasteiger partial charge in [0.25, 0.3) is 5.91 Å². The summed E-state index contributed by atoms with van der Waals surface area (Å²) in [6, 6.07) is 7.43. The number of benzene rings is 1. The van der Waals surface area contributed by atoms with Crippen molar-refractivity contribution in [2.45, 2.75) is 19.4 Å². The molecule has 10 heteroatoms. The van der Waals surface area contributed by atoms with E-state index in [1.54, 1.807) is 24.1 Å². The van der Waals surface area contributed by atoms with E-state index in [9.17, 15) is 9.59 Å². The van der Waals surface area contributed by atoms with E-state index in [1.807, 2.05) is 12.1 Å². The minimum absolute atomic E-state index is 0. The highest BCUT2D eigenvalue weighted by Gasteiger charge is 2.22. The Hall–Kier alpha value is -1.92. The highest BCUT2D eigenvalue weighted by molar-refractivity contribution is 14.0. The van der Waals surface area contributed by atoms with Crippen LogP contribution >= 0.6 is 24.0 Å². The van der Waals surface area contributed by atoms with Crippen molar-refractivity contribution in [1.29, 1.82) is 0 Å². The van der Waals surface area contributed by atoms with E-state index in [1.165, 1.54) is 0 Å². The van der Waals surface area contributed by atoms with Crippen molar-refractivity contribution >= 4 is 41.8 Å². The Balaban J connectivity index is 0.00000363. The van der Waals surface area contributed by atoms with Crippen molar-refractivity contribution in [2.75, 3.05) is 59.7 Å². The number of halogens is 1. The average Bonchev–Trinajstić information content (AvgIpc) is 3.31. The van der Waals surface area contributed by atoms with Gasteiger partial charge in [-0.15, -0.1) is 24.0 Å². The number of hydrogen-bond acceptors (Lipinski definition) is 5. The number of aliphatic imine (C=N–C) groups is 1. The van der Waals surface area contributed by atoms with Crippen molar-refractivity contribution in [3.05, 3.63) is 35.4 Å². The lowest BCUT2D eigenvalue weighted by molar-refractivity contribution is -0.123. The third-order valence-corrected chi connectivity index (χ3v) is 5.35. The van der Waals surface area contributed by atoms with Crippen LogP contribution in [-0.4, -0.2) is 82.3 Å². The molecule has 32 heavy (non-hydrogen) atoms. The molecule has 3 rings (SSSR count). The first-order chi connectivity index (χ1) is 15.2. The van der Waals surface area contributed by atoms with Crippen LogP contribution in [0.2, 0.25) is 0 Å². The van der Waals surface area contributed by atoms with Crippen LogP contribution in [-0.2, 0) is 20.8 Å². The average molecular weight is 559 g/mol. The fourth-order valence-electron chi connectivity index (χ4n) is 3.51. The van der Waals surface area contributed by atoms with Crippen LogP contribution in [0.1, 0.15) is 28.8 Å². The van der Waals surface area contributed by atoms with Gasteiger partial charge in [0.05, 0.1) is 19.8 Å². The summed E-state index contributed by atoms with van der Waals surface area (Å²) in [6.45, 7) is 5.69. The zero-order chi connectivity index (χ0) is 21.9. The predicted molar refractivity (Wildman–Crippen MR) is 133 cm³/mol. The van der Waals surface area contributed by atoms with Gasteiger partial charge in [-0.2, -0.15) is 0 Å². The van der Waals surface area contributed by atoms with Crippen LogP contribution in [0.4, 0.5) is 0 Å². The first-order valence-electron chi connectivity index (χ1n) is 10.9. The highest BCUT2D eigenvalue weighted by Crippen LogP contribution is 2.12. The molecule has 1 aromatic rings. The second kappa shape index (κ2) is 14.3. The molecule has 0 aliphatic carbocycles. The van der Waals surface area contributed by atoms with Crippen LogP contribution in [0.15, 0.2) is 29.3 Å². The van der Waals surface area contributed by atoms with Gasteiger partial charge in [-0.25, -0.2) is 0 Å². The third kappa shape index (κ3) is 8.55. The molecule has 0 bridgehead atoms. The van der Waals surface area contributed by atoms with Gasteiger partial charge in [0.15, 0.2) is 5.96 Å². The number of guanidine groups is 1. The van der Waals surface area contributed by atoms with Crippen molar-refractivity contribution < 1.29 is 19.1 Å². The molecule has 2 heterocycles. The van der Waals surface area contributed by atoms with E-state index in [0.717, 1.165) is 50.7 Å². The Bertz CT molecular complexity index is 753. The van der Waals surface area contributed by atoms with E-state index >= 15 is 0 Å². The molecule has 0 spiro atoms. The molecule has 2 fully saturated rings. The first kappa shape index (κ1) is 26.3. The van der Waals surface area contributed by atoms with Crippen molar-refractivity contribution in [2.24, 2.45) is 10.9 Å². The van der Waals surface area contributed by atoms with Crippen LogP contribution in [0.5, 0.6) is 0 Å². The lowest BCUT2D eigenvalue weighted by atomic mass is 10.1. The van der Waals surface area contributed by atoms with E-state index in [-0.39, 0.29) is 42.3 Å². The number of piperazine rings is 1. The number of amides is 2. The fourth-order valence-corrected chi connectivity index (χ4v) is 3.51. The van der Waals surface area contributed by atoms with Crippen molar-refractivity contribution in [3.63, 3.8) is 0 Å². The zero-order valence-electron chi connectivity index (χ0n) is 18.6. The Morgan fingerprint density at radius 3 is 2.81 bits per heavy atom. The maximum atomic E-state index is 12.5. The summed E-state index contributed by atoms with van der Waals surface area (Å²) in [5.74, 6) is 1.04. The standard InChI is InChI=1S/C22H33N5O4.HI/c1-23-22(25-8-2-11-30-15-18-7-12-31-16-18)26-13-17-3-5-19(6-4-17)21(29)27-10-9-24-20(28)14-27;/h3-6,18H,2,7-16H2,1H3,(H,24,28)(H2,23,25,26);1H. The minimum Gasteiger partial charge on any atom is -0.381 e. The summed E-state index contributed by atoms with van der Waals surface area (Å²) < 4.78 is 11.1. The summed E-state index contributed by atoms with van der Waals surface area (Å²) in [7, 11) is 1.74. The van der Waals surface area contributed by atoms with Crippen LogP contribution in [0.3, 0.4) is 0 Å². The Kier molecular flexibility index (Phi) is 11.7. The van der Waals surface area contributed by atoms with Gasteiger partial charge < -0.3 is 30.3 Å². The van der Waals surface area contributed by atoms with Gasteiger partial charge in [0.1, 0.15) is 0 Å². The molecule has 2 saturated heterocycles. The van der Waals surface area contributed by atoms with Gasteiger partial charge in [-0.1, -0.05) is 12.1 Å². The number of nitrogens with one attached hydrogen (secondary N) is 3. The maximum absolute atomic E-state index is 12.5. The molecule has 2 aliphatic rings. The lowest BCUT2D eigenvalue weighted by Gasteiger charge is -2.26. The number of ether oxygens (including phenoxy) is 2. The molecule has 3 N–H and O–H groups in total. The highest BCUT2D eigenvalue weighted by atomic mass is 127. The summed E-state index contributed by atoms with van der Waals surface area (Å²) >= 11 is 0. The van der Waals surface area contributed by atoms with Crippen molar-refractivity contribution in [1.82, 2.24) is 20.9 Å². The van der Waals surface area contributed by atoms with E-state index in [4.69, 9.17) is 9.47 Å². The molecule has 178 valence electrons. The molecule has 2 aliphatic heterocycles. The van der Waals surface area contributed by atoms with E-state index in [2.05, 4.69) is 20.9 Å². The van der Waals surface area contributed by atoms with Gasteiger partial charge >= 0.3 is 0 Å². The van der Waals surface area contributed by atoms with Crippen LogP contribution in [0.25, 0.3) is 0 Å². The Labute approximate surface area is 206 Å². The molecular weight excluding hydrogens is 525 g/mol. The summed E-state index contributed by atoms with van der Waals surface area (Å²) in [4.78, 5) is 29.8. The van der Waals surface area contributed by atoms with Crippen LogP contribution < -0.4 is 16.0 Å². The van der Waals surface area contributed by atoms with Crippen LogP contribution in [0, 0.1) is 5.92 Å². The molecule has 1 unspecified atom stereocenters. The number of nitrogens with zero attached hydrogens (tertiary/aromatic N) is 2. The third-order valence-electron chi connectivity index (χ3n) is 5.35. The van der Waals surface area contributed by atoms with Gasteiger partial charge in [0.2, 0.25) is 5.91 Å². The monoisotopic (exact) mass is 559 g/mol. The minimum atomic E-state index is -0.116. The maximum Gasteiger partial charge on any atom is 0.254 e. The topological polar surface area (TPSA) is 104 Å². The smallest absolute Gasteiger partial charge is 0.254 e.